The maximum absolute atomic E-state index is 13.4. The van der Waals surface area contributed by atoms with Crippen LogP contribution in [0.1, 0.15) is 49.7 Å². The first-order valence-electron chi connectivity index (χ1n) is 13.1. The average Bonchev–Trinajstić information content (AvgIpc) is 3.44. The highest BCUT2D eigenvalue weighted by molar-refractivity contribution is 9.10. The Bertz CT molecular complexity index is 1040. The Hall–Kier alpha value is -1.89. The van der Waals surface area contributed by atoms with Crippen molar-refractivity contribution in [2.45, 2.75) is 45.1 Å². The summed E-state index contributed by atoms with van der Waals surface area (Å²) in [7, 11) is 0. The fourth-order valence-corrected chi connectivity index (χ4v) is 6.64. The Morgan fingerprint density at radius 2 is 1.64 bits per heavy atom. The van der Waals surface area contributed by atoms with Crippen molar-refractivity contribution in [2.75, 3.05) is 39.3 Å². The predicted octanol–water partition coefficient (Wildman–Crippen LogP) is 5.34. The minimum Gasteiger partial charge on any atom is -0.342 e. The first-order chi connectivity index (χ1) is 17.0. The van der Waals surface area contributed by atoms with Crippen LogP contribution < -0.4 is 0 Å². The van der Waals surface area contributed by atoms with Gasteiger partial charge in [0.2, 0.25) is 11.8 Å². The molecule has 7 heteroatoms. The molecule has 0 radical (unpaired) electrons. The van der Waals surface area contributed by atoms with Gasteiger partial charge in [0.25, 0.3) is 0 Å². The molecule has 3 saturated heterocycles. The quantitative estimate of drug-likeness (QED) is 0.468. The van der Waals surface area contributed by atoms with E-state index in [4.69, 9.17) is 0 Å². The third kappa shape index (κ3) is 5.66. The minimum atomic E-state index is -0.176. The maximum atomic E-state index is 13.4. The van der Waals surface area contributed by atoms with Crippen LogP contribution in [0.3, 0.4) is 0 Å². The topological polar surface area (TPSA) is 43.9 Å². The SMILES string of the molecule is CCC(=O)N1C[C@H](CN2CCC3(CC2)CCN(Cc2ccc(Br)cc2)C3=O)[C@@H](c2ccccc2)C1.Cl. The number of likely N-dealkylation sites (tertiary alicyclic amines) is 3. The zero-order valence-electron chi connectivity index (χ0n) is 21.1. The third-order valence-electron chi connectivity index (χ3n) is 8.52. The summed E-state index contributed by atoms with van der Waals surface area (Å²) >= 11 is 3.49. The fourth-order valence-electron chi connectivity index (χ4n) is 6.37. The minimum absolute atomic E-state index is 0. The van der Waals surface area contributed by atoms with Crippen molar-refractivity contribution in [3.05, 3.63) is 70.2 Å². The van der Waals surface area contributed by atoms with E-state index in [-0.39, 0.29) is 23.7 Å². The Kier molecular flexibility index (Phi) is 8.79. The lowest BCUT2D eigenvalue weighted by Gasteiger charge is -2.39. The fraction of sp³-hybridized carbons (Fsp3) is 0.517. The molecule has 2 aromatic rings. The smallest absolute Gasteiger partial charge is 0.229 e. The molecule has 0 saturated carbocycles. The van der Waals surface area contributed by atoms with Gasteiger partial charge in [0, 0.05) is 49.5 Å². The summed E-state index contributed by atoms with van der Waals surface area (Å²) in [4.78, 5) is 32.6. The van der Waals surface area contributed by atoms with Gasteiger partial charge >= 0.3 is 0 Å². The van der Waals surface area contributed by atoms with E-state index in [0.717, 1.165) is 63.0 Å². The molecule has 1 spiro atoms. The van der Waals surface area contributed by atoms with Crippen LogP contribution in [0, 0.1) is 11.3 Å². The number of piperidine rings is 1. The van der Waals surface area contributed by atoms with E-state index in [1.807, 2.05) is 19.1 Å². The van der Waals surface area contributed by atoms with Crippen LogP contribution in [0.15, 0.2) is 59.1 Å². The number of carbonyl (C=O) groups is 2. The second-order valence-electron chi connectivity index (χ2n) is 10.6. The van der Waals surface area contributed by atoms with Crippen LogP contribution in [0.5, 0.6) is 0 Å². The molecule has 0 unspecified atom stereocenters. The summed E-state index contributed by atoms with van der Waals surface area (Å²) in [6.45, 7) is 8.13. The number of hydrogen-bond acceptors (Lipinski definition) is 3. The number of benzene rings is 2. The third-order valence-corrected chi connectivity index (χ3v) is 9.05. The van der Waals surface area contributed by atoms with E-state index < -0.39 is 0 Å². The van der Waals surface area contributed by atoms with Crippen LogP contribution in [0.4, 0.5) is 0 Å². The van der Waals surface area contributed by atoms with Gasteiger partial charge in [0.15, 0.2) is 0 Å². The molecule has 3 fully saturated rings. The number of amides is 2. The number of hydrogen-bond donors (Lipinski definition) is 0. The van der Waals surface area contributed by atoms with Gasteiger partial charge in [-0.3, -0.25) is 9.59 Å². The summed E-state index contributed by atoms with van der Waals surface area (Å²) in [5.41, 5.74) is 2.35. The van der Waals surface area contributed by atoms with E-state index in [9.17, 15) is 9.59 Å². The van der Waals surface area contributed by atoms with Gasteiger partial charge in [0.05, 0.1) is 5.41 Å². The largest absolute Gasteiger partial charge is 0.342 e. The lowest BCUT2D eigenvalue weighted by molar-refractivity contribution is -0.139. The molecule has 36 heavy (non-hydrogen) atoms. The van der Waals surface area contributed by atoms with Gasteiger partial charge < -0.3 is 14.7 Å². The molecule has 3 aliphatic rings. The van der Waals surface area contributed by atoms with Gasteiger partial charge in [-0.2, -0.15) is 0 Å². The van der Waals surface area contributed by atoms with Crippen molar-refractivity contribution in [2.24, 2.45) is 11.3 Å². The van der Waals surface area contributed by atoms with Crippen LogP contribution in [0.25, 0.3) is 0 Å². The Morgan fingerprint density at radius 3 is 2.31 bits per heavy atom. The molecule has 194 valence electrons. The summed E-state index contributed by atoms with van der Waals surface area (Å²) in [5, 5.41) is 0. The molecular weight excluding hydrogens is 538 g/mol. The van der Waals surface area contributed by atoms with Crippen molar-refractivity contribution in [3.63, 3.8) is 0 Å². The zero-order valence-corrected chi connectivity index (χ0v) is 23.5. The van der Waals surface area contributed by atoms with E-state index in [1.54, 1.807) is 0 Å². The molecule has 0 aliphatic carbocycles. The normalized spacial score (nSPS) is 23.8. The summed E-state index contributed by atoms with van der Waals surface area (Å²) in [6, 6.07) is 19.0. The zero-order chi connectivity index (χ0) is 24.4. The first-order valence-corrected chi connectivity index (χ1v) is 13.9. The monoisotopic (exact) mass is 573 g/mol. The molecule has 0 bridgehead atoms. The summed E-state index contributed by atoms with van der Waals surface area (Å²) in [6.07, 6.45) is 3.44. The van der Waals surface area contributed by atoms with E-state index in [0.29, 0.717) is 30.7 Å². The number of carbonyl (C=O) groups excluding carboxylic acids is 2. The van der Waals surface area contributed by atoms with Crippen LogP contribution in [-0.4, -0.2) is 65.8 Å². The average molecular weight is 575 g/mol. The lowest BCUT2D eigenvalue weighted by Crippen LogP contribution is -2.46. The molecule has 5 nitrogen and oxygen atoms in total. The highest BCUT2D eigenvalue weighted by Gasteiger charge is 2.48. The van der Waals surface area contributed by atoms with E-state index in [2.05, 4.69) is 73.1 Å². The molecule has 2 amide bonds. The summed E-state index contributed by atoms with van der Waals surface area (Å²) in [5.74, 6) is 1.43. The molecule has 3 aliphatic heterocycles. The van der Waals surface area contributed by atoms with Crippen molar-refractivity contribution in [1.82, 2.24) is 14.7 Å². The highest BCUT2D eigenvalue weighted by atomic mass is 79.9. The first kappa shape index (κ1) is 27.2. The number of rotatable bonds is 6. The molecule has 0 aromatic heterocycles. The van der Waals surface area contributed by atoms with Crippen molar-refractivity contribution < 1.29 is 9.59 Å². The van der Waals surface area contributed by atoms with Gasteiger partial charge in [-0.15, -0.1) is 12.4 Å². The van der Waals surface area contributed by atoms with E-state index in [1.165, 1.54) is 11.1 Å². The van der Waals surface area contributed by atoms with E-state index >= 15 is 0 Å². The molecule has 2 atom stereocenters. The summed E-state index contributed by atoms with van der Waals surface area (Å²) < 4.78 is 1.07. The van der Waals surface area contributed by atoms with Gasteiger partial charge in [-0.05, 0) is 61.5 Å². The second kappa shape index (κ2) is 11.7. The molecule has 0 N–H and O–H groups in total. The molecule has 3 heterocycles. The molecule has 2 aromatic carbocycles. The standard InChI is InChI=1S/C29H36BrN3O2.ClH/c1-2-27(34)33-20-24(26(21-33)23-6-4-3-5-7-23)19-31-15-12-29(13-16-31)14-17-32(28(29)35)18-22-8-10-25(30)11-9-22;/h3-11,24,26H,2,12-21H2,1H3;1H/t24-,26+;/m0./s1. The van der Waals surface area contributed by atoms with Crippen LogP contribution in [0.2, 0.25) is 0 Å². The maximum Gasteiger partial charge on any atom is 0.229 e. The van der Waals surface area contributed by atoms with Gasteiger partial charge in [-0.1, -0.05) is 65.3 Å². The Morgan fingerprint density at radius 1 is 0.972 bits per heavy atom. The van der Waals surface area contributed by atoms with Crippen molar-refractivity contribution >= 4 is 40.2 Å². The van der Waals surface area contributed by atoms with Crippen molar-refractivity contribution in [1.29, 1.82) is 0 Å². The second-order valence-corrected chi connectivity index (χ2v) is 11.5. The van der Waals surface area contributed by atoms with Crippen molar-refractivity contribution in [3.8, 4) is 0 Å². The molecule has 5 rings (SSSR count). The number of halogens is 2. The van der Waals surface area contributed by atoms with Crippen LogP contribution in [-0.2, 0) is 16.1 Å². The lowest BCUT2D eigenvalue weighted by atomic mass is 9.76. The van der Waals surface area contributed by atoms with Gasteiger partial charge in [0.1, 0.15) is 0 Å². The highest BCUT2D eigenvalue weighted by Crippen LogP contribution is 2.43. The number of nitrogens with zero attached hydrogens (tertiary/aromatic N) is 3. The van der Waals surface area contributed by atoms with Gasteiger partial charge in [-0.25, -0.2) is 0 Å². The molecular formula is C29H37BrClN3O2. The predicted molar refractivity (Wildman–Crippen MR) is 149 cm³/mol. The Balaban J connectivity index is 0.00000304. The van der Waals surface area contributed by atoms with Crippen LogP contribution >= 0.6 is 28.3 Å². The Labute approximate surface area is 229 Å².